The van der Waals surface area contributed by atoms with Crippen LogP contribution in [0.3, 0.4) is 0 Å². The molecule has 0 fully saturated rings. The van der Waals surface area contributed by atoms with E-state index in [0.717, 1.165) is 17.2 Å². The summed E-state index contributed by atoms with van der Waals surface area (Å²) in [6, 6.07) is 13.6. The van der Waals surface area contributed by atoms with Crippen molar-refractivity contribution in [2.45, 2.75) is 13.3 Å². The van der Waals surface area contributed by atoms with Crippen LogP contribution in [-0.2, 0) is 4.74 Å². The van der Waals surface area contributed by atoms with E-state index in [4.69, 9.17) is 4.74 Å². The SMILES string of the molecule is CCOC(=O)c1cc(C(=O)N2CC=C(c3ccccc3)CC2)cc([N+](=O)[O-])c1. The van der Waals surface area contributed by atoms with Crippen LogP contribution < -0.4 is 0 Å². The zero-order valence-electron chi connectivity index (χ0n) is 15.5. The van der Waals surface area contributed by atoms with E-state index in [0.29, 0.717) is 19.5 Å². The Morgan fingerprint density at radius 3 is 2.46 bits per heavy atom. The number of nitrogens with zero attached hydrogens (tertiary/aromatic N) is 2. The molecule has 0 unspecified atom stereocenters. The summed E-state index contributed by atoms with van der Waals surface area (Å²) in [5.74, 6) is -1.04. The minimum absolute atomic E-state index is 0.00285. The molecule has 0 saturated heterocycles. The molecule has 2 aromatic carbocycles. The Hall–Kier alpha value is -3.48. The molecule has 0 atom stereocenters. The van der Waals surface area contributed by atoms with Crippen molar-refractivity contribution in [3.8, 4) is 0 Å². The number of esters is 1. The van der Waals surface area contributed by atoms with Gasteiger partial charge in [0.05, 0.1) is 17.1 Å². The summed E-state index contributed by atoms with van der Waals surface area (Å²) in [5, 5.41) is 11.2. The predicted octanol–water partition coefficient (Wildman–Crippen LogP) is 3.70. The third kappa shape index (κ3) is 4.25. The molecule has 0 spiro atoms. The van der Waals surface area contributed by atoms with Gasteiger partial charge in [0.15, 0.2) is 0 Å². The Morgan fingerprint density at radius 1 is 1.14 bits per heavy atom. The number of carbonyl (C=O) groups excluding carboxylic acids is 2. The van der Waals surface area contributed by atoms with Crippen LogP contribution in [0.4, 0.5) is 5.69 Å². The van der Waals surface area contributed by atoms with Crippen LogP contribution in [0.5, 0.6) is 0 Å². The Morgan fingerprint density at radius 2 is 1.86 bits per heavy atom. The fourth-order valence-electron chi connectivity index (χ4n) is 3.12. The van der Waals surface area contributed by atoms with E-state index in [1.54, 1.807) is 11.8 Å². The molecule has 28 heavy (non-hydrogen) atoms. The van der Waals surface area contributed by atoms with Crippen molar-refractivity contribution < 1.29 is 19.2 Å². The fourth-order valence-corrected chi connectivity index (χ4v) is 3.12. The maximum Gasteiger partial charge on any atom is 0.338 e. The van der Waals surface area contributed by atoms with Gasteiger partial charge in [-0.3, -0.25) is 14.9 Å². The molecular weight excluding hydrogens is 360 g/mol. The first kappa shape index (κ1) is 19.3. The van der Waals surface area contributed by atoms with Gasteiger partial charge in [0.25, 0.3) is 11.6 Å². The highest BCUT2D eigenvalue weighted by Gasteiger charge is 2.23. The molecule has 2 aromatic rings. The monoisotopic (exact) mass is 380 g/mol. The summed E-state index contributed by atoms with van der Waals surface area (Å²) >= 11 is 0. The molecule has 0 N–H and O–H groups in total. The summed E-state index contributed by atoms with van der Waals surface area (Å²) in [6.07, 6.45) is 2.68. The summed E-state index contributed by atoms with van der Waals surface area (Å²) < 4.78 is 4.91. The van der Waals surface area contributed by atoms with E-state index in [1.165, 1.54) is 12.1 Å². The van der Waals surface area contributed by atoms with Gasteiger partial charge in [-0.25, -0.2) is 4.79 Å². The fraction of sp³-hybridized carbons (Fsp3) is 0.238. The molecule has 0 aromatic heterocycles. The second-order valence-corrected chi connectivity index (χ2v) is 6.34. The van der Waals surface area contributed by atoms with Crippen molar-refractivity contribution in [1.29, 1.82) is 0 Å². The third-order valence-corrected chi connectivity index (χ3v) is 4.53. The normalized spacial score (nSPS) is 13.6. The number of benzene rings is 2. The van der Waals surface area contributed by atoms with Gasteiger partial charge < -0.3 is 9.64 Å². The minimum Gasteiger partial charge on any atom is -0.462 e. The summed E-state index contributed by atoms with van der Waals surface area (Å²) in [6.45, 7) is 2.69. The zero-order chi connectivity index (χ0) is 20.1. The first-order chi connectivity index (χ1) is 13.5. The lowest BCUT2D eigenvalue weighted by Gasteiger charge is -2.27. The number of non-ortho nitro benzene ring substituents is 1. The highest BCUT2D eigenvalue weighted by atomic mass is 16.6. The molecule has 1 aliphatic rings. The van der Waals surface area contributed by atoms with Gasteiger partial charge in [-0.1, -0.05) is 36.4 Å². The van der Waals surface area contributed by atoms with E-state index in [9.17, 15) is 19.7 Å². The maximum absolute atomic E-state index is 12.9. The summed E-state index contributed by atoms with van der Waals surface area (Å²) in [7, 11) is 0. The highest BCUT2D eigenvalue weighted by molar-refractivity contribution is 5.99. The van der Waals surface area contributed by atoms with E-state index >= 15 is 0 Å². The lowest BCUT2D eigenvalue weighted by Crippen LogP contribution is -2.34. The number of carbonyl (C=O) groups is 2. The average Bonchev–Trinajstić information content (AvgIpc) is 2.73. The standard InChI is InChI=1S/C21H20N2O5/c1-2-28-21(25)18-12-17(13-19(14-18)23(26)27)20(24)22-10-8-16(9-11-22)15-6-4-3-5-7-15/h3-8,12-14H,2,9-11H2,1H3. The maximum atomic E-state index is 12.9. The van der Waals surface area contributed by atoms with Gasteiger partial charge in [-0.05, 0) is 30.5 Å². The smallest absolute Gasteiger partial charge is 0.338 e. The lowest BCUT2D eigenvalue weighted by atomic mass is 9.99. The van der Waals surface area contributed by atoms with Gasteiger partial charge in [-0.15, -0.1) is 0 Å². The molecule has 1 aliphatic heterocycles. The van der Waals surface area contributed by atoms with Gasteiger partial charge in [-0.2, -0.15) is 0 Å². The molecule has 3 rings (SSSR count). The molecule has 7 nitrogen and oxygen atoms in total. The number of hydrogen-bond donors (Lipinski definition) is 0. The minimum atomic E-state index is -0.690. The third-order valence-electron chi connectivity index (χ3n) is 4.53. The Balaban J connectivity index is 1.83. The zero-order valence-corrected chi connectivity index (χ0v) is 15.5. The molecule has 0 aliphatic carbocycles. The number of ether oxygens (including phenoxy) is 1. The quantitative estimate of drug-likeness (QED) is 0.448. The van der Waals surface area contributed by atoms with E-state index in [1.807, 2.05) is 36.4 Å². The molecule has 1 amide bonds. The van der Waals surface area contributed by atoms with Crippen LogP contribution in [0.25, 0.3) is 5.57 Å². The Kier molecular flexibility index (Phi) is 5.84. The van der Waals surface area contributed by atoms with Crippen LogP contribution in [0, 0.1) is 10.1 Å². The van der Waals surface area contributed by atoms with E-state index in [-0.39, 0.29) is 29.3 Å². The van der Waals surface area contributed by atoms with Crippen LogP contribution in [0.1, 0.15) is 39.6 Å². The van der Waals surface area contributed by atoms with Crippen molar-refractivity contribution in [1.82, 2.24) is 4.90 Å². The number of amides is 1. The van der Waals surface area contributed by atoms with Crippen LogP contribution in [0.2, 0.25) is 0 Å². The molecule has 0 radical (unpaired) electrons. The number of nitro groups is 1. The first-order valence-electron chi connectivity index (χ1n) is 9.00. The molecule has 0 saturated carbocycles. The second-order valence-electron chi connectivity index (χ2n) is 6.34. The summed E-state index contributed by atoms with van der Waals surface area (Å²) in [5.41, 5.74) is 2.07. The average molecular weight is 380 g/mol. The number of hydrogen-bond acceptors (Lipinski definition) is 5. The topological polar surface area (TPSA) is 89.8 Å². The van der Waals surface area contributed by atoms with Gasteiger partial charge in [0, 0.05) is 30.8 Å². The van der Waals surface area contributed by atoms with Gasteiger partial charge >= 0.3 is 5.97 Å². The number of rotatable bonds is 5. The highest BCUT2D eigenvalue weighted by Crippen LogP contribution is 2.24. The van der Waals surface area contributed by atoms with Crippen LogP contribution in [-0.4, -0.2) is 41.4 Å². The van der Waals surface area contributed by atoms with E-state index < -0.39 is 10.9 Å². The first-order valence-corrected chi connectivity index (χ1v) is 9.00. The molecule has 144 valence electrons. The van der Waals surface area contributed by atoms with Crippen molar-refractivity contribution in [3.05, 3.63) is 81.4 Å². The van der Waals surface area contributed by atoms with Gasteiger partial charge in [0.1, 0.15) is 0 Å². The largest absolute Gasteiger partial charge is 0.462 e. The van der Waals surface area contributed by atoms with Crippen molar-refractivity contribution >= 4 is 23.1 Å². The van der Waals surface area contributed by atoms with Crippen molar-refractivity contribution in [2.24, 2.45) is 0 Å². The molecule has 0 bridgehead atoms. The van der Waals surface area contributed by atoms with Crippen LogP contribution >= 0.6 is 0 Å². The number of nitro benzene ring substituents is 1. The Labute approximate surface area is 162 Å². The van der Waals surface area contributed by atoms with Crippen LogP contribution in [0.15, 0.2) is 54.6 Å². The molecular formula is C21H20N2O5. The van der Waals surface area contributed by atoms with Crippen molar-refractivity contribution in [3.63, 3.8) is 0 Å². The van der Waals surface area contributed by atoms with E-state index in [2.05, 4.69) is 0 Å². The molecule has 7 heteroatoms. The van der Waals surface area contributed by atoms with Gasteiger partial charge in [0.2, 0.25) is 0 Å². The van der Waals surface area contributed by atoms with Crippen molar-refractivity contribution in [2.75, 3.05) is 19.7 Å². The summed E-state index contributed by atoms with van der Waals surface area (Å²) in [4.78, 5) is 37.1. The Bertz CT molecular complexity index is 937. The predicted molar refractivity (Wildman–Crippen MR) is 104 cm³/mol. The molecule has 1 heterocycles. The lowest BCUT2D eigenvalue weighted by molar-refractivity contribution is -0.384. The second kappa shape index (κ2) is 8.47.